The standard InChI is InChI=1S/C15H18F3S.BrH/c1-5-10-6-7-11-9-13(14(2,3)4)19(12(11)8-10)15(16,17)18;/h6-9H,5H2,1-4H3;1H/q+1;/p-1. The summed E-state index contributed by atoms with van der Waals surface area (Å²) in [5, 5.41) is 0.725. The molecule has 1 atom stereocenters. The summed E-state index contributed by atoms with van der Waals surface area (Å²) < 4.78 is 40.7. The Labute approximate surface area is 130 Å². The number of aryl methyl sites for hydroxylation is 1. The summed E-state index contributed by atoms with van der Waals surface area (Å²) in [6.07, 6.45) is 0.757. The number of alkyl halides is 3. The van der Waals surface area contributed by atoms with Gasteiger partial charge in [-0.05, 0) is 18.1 Å². The van der Waals surface area contributed by atoms with Crippen molar-refractivity contribution in [2.75, 3.05) is 0 Å². The fraction of sp³-hybridized carbons (Fsp3) is 0.467. The van der Waals surface area contributed by atoms with Crippen LogP contribution in [-0.2, 0) is 17.3 Å². The third kappa shape index (κ3) is 3.19. The fourth-order valence-corrected chi connectivity index (χ4v) is 4.41. The Morgan fingerprint density at radius 2 is 1.65 bits per heavy atom. The minimum absolute atomic E-state index is 0. The number of rotatable bonds is 1. The maximum atomic E-state index is 13.4. The van der Waals surface area contributed by atoms with E-state index in [2.05, 4.69) is 0 Å². The van der Waals surface area contributed by atoms with E-state index in [9.17, 15) is 13.2 Å². The molecule has 0 fully saturated rings. The molecule has 1 aromatic carbocycles. The van der Waals surface area contributed by atoms with Crippen LogP contribution in [0.4, 0.5) is 13.2 Å². The van der Waals surface area contributed by atoms with E-state index in [1.807, 2.05) is 39.8 Å². The molecule has 0 spiro atoms. The Morgan fingerprint density at radius 1 is 1.05 bits per heavy atom. The van der Waals surface area contributed by atoms with Crippen molar-refractivity contribution < 1.29 is 30.2 Å². The smallest absolute Gasteiger partial charge is 0.600 e. The van der Waals surface area contributed by atoms with Gasteiger partial charge in [-0.1, -0.05) is 33.8 Å². The van der Waals surface area contributed by atoms with Gasteiger partial charge in [-0.3, -0.25) is 0 Å². The zero-order valence-electron chi connectivity index (χ0n) is 11.9. The summed E-state index contributed by atoms with van der Waals surface area (Å²) in [6.45, 7) is 7.49. The van der Waals surface area contributed by atoms with E-state index in [0.717, 1.165) is 17.4 Å². The van der Waals surface area contributed by atoms with Crippen LogP contribution in [0.25, 0.3) is 10.1 Å². The van der Waals surface area contributed by atoms with Gasteiger partial charge in [0, 0.05) is 22.9 Å². The van der Waals surface area contributed by atoms with Crippen LogP contribution in [0.2, 0.25) is 0 Å². The van der Waals surface area contributed by atoms with Crippen molar-refractivity contribution in [1.82, 2.24) is 0 Å². The molecule has 0 N–H and O–H groups in total. The first-order chi connectivity index (χ1) is 8.64. The lowest BCUT2D eigenvalue weighted by Gasteiger charge is -2.13. The van der Waals surface area contributed by atoms with Crippen LogP contribution in [0.3, 0.4) is 0 Å². The molecule has 20 heavy (non-hydrogen) atoms. The lowest BCUT2D eigenvalue weighted by atomic mass is 9.94. The van der Waals surface area contributed by atoms with Gasteiger partial charge in [0.2, 0.25) is 0 Å². The number of hydrogen-bond acceptors (Lipinski definition) is 0. The van der Waals surface area contributed by atoms with E-state index < -0.39 is 21.4 Å². The molecule has 2 aromatic rings. The van der Waals surface area contributed by atoms with Crippen molar-refractivity contribution >= 4 is 20.6 Å². The normalized spacial score (nSPS) is 13.4. The van der Waals surface area contributed by atoms with Gasteiger partial charge in [0.15, 0.2) is 9.58 Å². The first kappa shape index (κ1) is 17.5. The van der Waals surface area contributed by atoms with Crippen LogP contribution in [0.1, 0.15) is 38.1 Å². The van der Waals surface area contributed by atoms with Crippen molar-refractivity contribution in [3.63, 3.8) is 0 Å². The SMILES string of the molecule is CCc1ccc2cc(C(C)(C)C)[s+](C(F)(F)F)c2c1.[Br-]. The second kappa shape index (κ2) is 5.68. The Bertz CT molecular complexity index is 606. The maximum absolute atomic E-state index is 13.4. The van der Waals surface area contributed by atoms with E-state index >= 15 is 0 Å². The van der Waals surface area contributed by atoms with Crippen LogP contribution in [-0.4, -0.2) is 0 Å². The molecule has 0 saturated heterocycles. The summed E-state index contributed by atoms with van der Waals surface area (Å²) in [5.41, 5.74) is -3.70. The summed E-state index contributed by atoms with van der Waals surface area (Å²) in [7, 11) is -1.78. The lowest BCUT2D eigenvalue weighted by Crippen LogP contribution is -3.00. The maximum Gasteiger partial charge on any atom is 0.600 e. The molecule has 1 unspecified atom stereocenters. The molecule has 0 radical (unpaired) electrons. The predicted octanol–water partition coefficient (Wildman–Crippen LogP) is 2.93. The van der Waals surface area contributed by atoms with Gasteiger partial charge < -0.3 is 17.0 Å². The second-order valence-corrected chi connectivity index (χ2v) is 7.69. The molecule has 2 rings (SSSR count). The quantitative estimate of drug-likeness (QED) is 0.680. The van der Waals surface area contributed by atoms with Gasteiger partial charge in [0.25, 0.3) is 0 Å². The Hall–Kier alpha value is -0.550. The zero-order chi connectivity index (χ0) is 14.4. The molecule has 0 bridgehead atoms. The van der Waals surface area contributed by atoms with Crippen molar-refractivity contribution in [2.45, 2.75) is 45.0 Å². The average Bonchev–Trinajstić information content (AvgIpc) is 2.66. The summed E-state index contributed by atoms with van der Waals surface area (Å²) in [5.74, 6) is 0. The third-order valence-electron chi connectivity index (χ3n) is 3.18. The monoisotopic (exact) mass is 366 g/mol. The van der Waals surface area contributed by atoms with Crippen LogP contribution in [0.15, 0.2) is 24.3 Å². The molecule has 0 saturated carbocycles. The van der Waals surface area contributed by atoms with Crippen molar-refractivity contribution in [2.24, 2.45) is 0 Å². The molecular formula is C15H18BrF3S. The highest BCUT2D eigenvalue weighted by Crippen LogP contribution is 2.54. The lowest BCUT2D eigenvalue weighted by molar-refractivity contribution is -0.0869. The third-order valence-corrected chi connectivity index (χ3v) is 5.61. The molecular weight excluding hydrogens is 349 g/mol. The van der Waals surface area contributed by atoms with E-state index in [0.29, 0.717) is 9.58 Å². The van der Waals surface area contributed by atoms with Gasteiger partial charge in [0.05, 0.1) is 10.5 Å². The summed E-state index contributed by atoms with van der Waals surface area (Å²) >= 11 is 0. The van der Waals surface area contributed by atoms with E-state index in [1.54, 1.807) is 12.1 Å². The largest absolute Gasteiger partial charge is 1.00 e. The van der Waals surface area contributed by atoms with Crippen LogP contribution >= 0.6 is 10.5 Å². The molecule has 0 aliphatic rings. The highest BCUT2D eigenvalue weighted by molar-refractivity contribution is 7.38. The Balaban J connectivity index is 0.00000200. The molecule has 0 nitrogen and oxygen atoms in total. The number of benzene rings is 1. The average molecular weight is 367 g/mol. The molecule has 1 aromatic heterocycles. The molecule has 1 heterocycles. The second-order valence-electron chi connectivity index (χ2n) is 5.74. The van der Waals surface area contributed by atoms with Crippen LogP contribution in [0, 0.1) is 0 Å². The van der Waals surface area contributed by atoms with Crippen LogP contribution in [0.5, 0.6) is 0 Å². The number of hydrogen-bond donors (Lipinski definition) is 0. The van der Waals surface area contributed by atoms with E-state index in [-0.39, 0.29) is 17.0 Å². The van der Waals surface area contributed by atoms with Gasteiger partial charge >= 0.3 is 5.51 Å². The summed E-state index contributed by atoms with van der Waals surface area (Å²) in [6, 6.07) is 7.18. The first-order valence-electron chi connectivity index (χ1n) is 6.31. The van der Waals surface area contributed by atoms with Crippen molar-refractivity contribution in [3.8, 4) is 0 Å². The number of fused-ring (bicyclic) bond motifs is 1. The minimum Gasteiger partial charge on any atom is -1.00 e. The minimum atomic E-state index is -4.20. The molecule has 112 valence electrons. The van der Waals surface area contributed by atoms with Crippen molar-refractivity contribution in [3.05, 3.63) is 34.7 Å². The molecule has 0 aliphatic heterocycles. The van der Waals surface area contributed by atoms with Gasteiger partial charge in [-0.15, -0.1) is 13.2 Å². The van der Waals surface area contributed by atoms with E-state index in [1.165, 1.54) is 0 Å². The Kier molecular flexibility index (Phi) is 4.97. The van der Waals surface area contributed by atoms with Gasteiger partial charge in [-0.25, -0.2) is 0 Å². The van der Waals surface area contributed by atoms with Gasteiger partial charge in [0.1, 0.15) is 0 Å². The first-order valence-corrected chi connectivity index (χ1v) is 7.53. The summed E-state index contributed by atoms with van der Waals surface area (Å²) in [4.78, 5) is 0.489. The topological polar surface area (TPSA) is 0 Å². The predicted molar refractivity (Wildman–Crippen MR) is 75.8 cm³/mol. The number of halogens is 4. The molecule has 0 amide bonds. The fourth-order valence-electron chi connectivity index (χ4n) is 2.19. The Morgan fingerprint density at radius 3 is 2.10 bits per heavy atom. The zero-order valence-corrected chi connectivity index (χ0v) is 14.3. The highest BCUT2D eigenvalue weighted by Gasteiger charge is 2.50. The molecule has 5 heteroatoms. The van der Waals surface area contributed by atoms with Crippen LogP contribution < -0.4 is 17.0 Å². The highest BCUT2D eigenvalue weighted by atomic mass is 79.9. The van der Waals surface area contributed by atoms with E-state index in [4.69, 9.17) is 0 Å². The molecule has 0 aliphatic carbocycles. The van der Waals surface area contributed by atoms with Gasteiger partial charge in [-0.2, -0.15) is 0 Å². The van der Waals surface area contributed by atoms with Crippen molar-refractivity contribution in [1.29, 1.82) is 0 Å². The number of thiophene rings is 1.